The molecule has 0 aliphatic heterocycles. The molecular formula is C42H41P3. The lowest BCUT2D eigenvalue weighted by atomic mass is 10.2. The Kier molecular flexibility index (Phi) is 11.4. The topological polar surface area (TPSA) is 0 Å². The van der Waals surface area contributed by atoms with Crippen molar-refractivity contribution in [3.05, 3.63) is 182 Å². The van der Waals surface area contributed by atoms with Crippen LogP contribution in [0.4, 0.5) is 0 Å². The van der Waals surface area contributed by atoms with Crippen molar-refractivity contribution in [3.8, 4) is 0 Å². The molecule has 0 bridgehead atoms. The Balaban J connectivity index is 1.40. The predicted octanol–water partition coefficient (Wildman–Crippen LogP) is 8.92. The Bertz CT molecular complexity index is 1560. The van der Waals surface area contributed by atoms with Crippen LogP contribution in [0.5, 0.6) is 0 Å². The van der Waals surface area contributed by atoms with Gasteiger partial charge in [0.2, 0.25) is 0 Å². The molecule has 6 rings (SSSR count). The Morgan fingerprint density at radius 2 is 0.667 bits per heavy atom. The normalized spacial score (nSPS) is 12.8. The van der Waals surface area contributed by atoms with Crippen molar-refractivity contribution in [1.29, 1.82) is 0 Å². The van der Waals surface area contributed by atoms with E-state index in [0.717, 1.165) is 0 Å². The van der Waals surface area contributed by atoms with Crippen molar-refractivity contribution >= 4 is 55.6 Å². The first kappa shape index (κ1) is 31.6. The van der Waals surface area contributed by atoms with Gasteiger partial charge in [-0.3, -0.25) is 0 Å². The van der Waals surface area contributed by atoms with Crippen molar-refractivity contribution in [3.63, 3.8) is 0 Å². The number of rotatable bonds is 13. The molecule has 0 fully saturated rings. The molecule has 0 aliphatic rings. The zero-order valence-electron chi connectivity index (χ0n) is 25.9. The lowest BCUT2D eigenvalue weighted by Gasteiger charge is -2.35. The molecule has 0 saturated heterocycles. The summed E-state index contributed by atoms with van der Waals surface area (Å²) < 4.78 is 0. The maximum Gasteiger partial charge on any atom is -0.0119 e. The average Bonchev–Trinajstić information content (AvgIpc) is 3.11. The highest BCUT2D eigenvalue weighted by molar-refractivity contribution is 7.75. The van der Waals surface area contributed by atoms with E-state index in [4.69, 9.17) is 0 Å². The molecule has 0 amide bonds. The Morgan fingerprint density at radius 1 is 0.378 bits per heavy atom. The molecule has 3 heteroatoms. The van der Waals surface area contributed by atoms with Crippen molar-refractivity contribution < 1.29 is 0 Å². The van der Waals surface area contributed by atoms with Crippen LogP contribution in [0.15, 0.2) is 182 Å². The molecule has 0 saturated carbocycles. The molecular weight excluding hydrogens is 597 g/mol. The van der Waals surface area contributed by atoms with Crippen LogP contribution in [0.25, 0.3) is 0 Å². The van der Waals surface area contributed by atoms with E-state index in [0.29, 0.717) is 11.3 Å². The SMILES string of the molecule is CC(CC(CCP(c1ccccc1)c1ccccc1)P(c1ccccc1)c1ccccc1)P(c1ccccc1)c1ccccc1. The van der Waals surface area contributed by atoms with Crippen LogP contribution in [0.2, 0.25) is 0 Å². The largest absolute Gasteiger partial charge is 0.0622 e. The maximum atomic E-state index is 2.53. The zero-order chi connectivity index (χ0) is 30.7. The number of benzene rings is 6. The summed E-state index contributed by atoms with van der Waals surface area (Å²) in [5.41, 5.74) is 1.08. The van der Waals surface area contributed by atoms with E-state index < -0.39 is 23.8 Å². The minimum atomic E-state index is -0.557. The van der Waals surface area contributed by atoms with Gasteiger partial charge < -0.3 is 0 Å². The molecule has 0 N–H and O–H groups in total. The highest BCUT2D eigenvalue weighted by Gasteiger charge is 2.31. The molecule has 0 aromatic heterocycles. The summed E-state index contributed by atoms with van der Waals surface area (Å²) in [6.07, 6.45) is 3.58. The second-order valence-corrected chi connectivity index (χ2v) is 18.9. The van der Waals surface area contributed by atoms with Gasteiger partial charge in [0.05, 0.1) is 0 Å². The monoisotopic (exact) mass is 638 g/mol. The highest BCUT2D eigenvalue weighted by atomic mass is 31.1. The molecule has 0 aliphatic carbocycles. The second-order valence-electron chi connectivity index (χ2n) is 11.4. The van der Waals surface area contributed by atoms with Gasteiger partial charge in [-0.25, -0.2) is 0 Å². The van der Waals surface area contributed by atoms with Gasteiger partial charge >= 0.3 is 0 Å². The maximum absolute atomic E-state index is 2.53. The summed E-state index contributed by atoms with van der Waals surface area (Å²) in [5, 5.41) is 8.89. The average molecular weight is 639 g/mol. The third-order valence-electron chi connectivity index (χ3n) is 8.38. The lowest BCUT2D eigenvalue weighted by Crippen LogP contribution is -2.29. The third kappa shape index (κ3) is 8.26. The summed E-state index contributed by atoms with van der Waals surface area (Å²) in [7, 11) is -1.52. The minimum absolute atomic E-state index is 0.458. The van der Waals surface area contributed by atoms with Crippen molar-refractivity contribution in [1.82, 2.24) is 0 Å². The van der Waals surface area contributed by atoms with Gasteiger partial charge in [-0.05, 0) is 85.9 Å². The van der Waals surface area contributed by atoms with E-state index in [9.17, 15) is 0 Å². The van der Waals surface area contributed by atoms with Crippen LogP contribution in [0.1, 0.15) is 19.8 Å². The van der Waals surface area contributed by atoms with Crippen LogP contribution in [0, 0.1) is 0 Å². The van der Waals surface area contributed by atoms with Gasteiger partial charge in [0, 0.05) is 0 Å². The molecule has 6 aromatic rings. The first-order valence-corrected chi connectivity index (χ1v) is 20.3. The van der Waals surface area contributed by atoms with Crippen LogP contribution in [-0.2, 0) is 0 Å². The minimum Gasteiger partial charge on any atom is -0.0622 e. The van der Waals surface area contributed by atoms with E-state index in [1.807, 2.05) is 0 Å². The molecule has 2 atom stereocenters. The van der Waals surface area contributed by atoms with Crippen LogP contribution < -0.4 is 31.8 Å². The van der Waals surface area contributed by atoms with E-state index in [-0.39, 0.29) is 0 Å². The van der Waals surface area contributed by atoms with Crippen LogP contribution in [0.3, 0.4) is 0 Å². The molecule has 0 radical (unpaired) electrons. The van der Waals surface area contributed by atoms with E-state index in [1.54, 1.807) is 0 Å². The first-order valence-electron chi connectivity index (χ1n) is 15.9. The van der Waals surface area contributed by atoms with E-state index in [1.165, 1.54) is 50.8 Å². The summed E-state index contributed by atoms with van der Waals surface area (Å²) in [6.45, 7) is 2.53. The summed E-state index contributed by atoms with van der Waals surface area (Å²) in [6, 6.07) is 67.8. The van der Waals surface area contributed by atoms with Gasteiger partial charge in [-0.2, -0.15) is 0 Å². The summed E-state index contributed by atoms with van der Waals surface area (Å²) in [5.74, 6) is 0. The van der Waals surface area contributed by atoms with Crippen molar-refractivity contribution in [2.24, 2.45) is 0 Å². The molecule has 0 nitrogen and oxygen atoms in total. The standard InChI is InChI=1S/C42H41P3/c1-35(44(38-24-12-4-13-25-38)39-26-14-5-15-27-39)34-42(45(40-28-16-6-17-29-40)41-30-18-7-19-31-41)32-33-43(36-20-8-2-9-21-36)37-22-10-3-11-23-37/h2-31,35,42H,32-34H2,1H3. The van der Waals surface area contributed by atoms with Gasteiger partial charge in [0.1, 0.15) is 0 Å². The van der Waals surface area contributed by atoms with Crippen LogP contribution in [-0.4, -0.2) is 17.5 Å². The number of hydrogen-bond donors (Lipinski definition) is 0. The number of hydrogen-bond acceptors (Lipinski definition) is 0. The second kappa shape index (κ2) is 16.3. The van der Waals surface area contributed by atoms with Crippen LogP contribution >= 0.6 is 23.8 Å². The molecule has 0 spiro atoms. The van der Waals surface area contributed by atoms with Gasteiger partial charge in [-0.1, -0.05) is 189 Å². The molecule has 224 valence electrons. The fourth-order valence-corrected chi connectivity index (χ4v) is 15.0. The fourth-order valence-electron chi connectivity index (χ4n) is 6.34. The van der Waals surface area contributed by atoms with Crippen molar-refractivity contribution in [2.75, 3.05) is 6.16 Å². The van der Waals surface area contributed by atoms with Gasteiger partial charge in [-0.15, -0.1) is 0 Å². The summed E-state index contributed by atoms with van der Waals surface area (Å²) >= 11 is 0. The summed E-state index contributed by atoms with van der Waals surface area (Å²) in [4.78, 5) is 0. The third-order valence-corrected chi connectivity index (χ3v) is 16.6. The van der Waals surface area contributed by atoms with Gasteiger partial charge in [0.15, 0.2) is 0 Å². The Labute approximate surface area is 273 Å². The first-order chi connectivity index (χ1) is 22.3. The smallest absolute Gasteiger partial charge is 0.0119 e. The fraction of sp³-hybridized carbons (Fsp3) is 0.143. The lowest BCUT2D eigenvalue weighted by molar-refractivity contribution is 0.726. The predicted molar refractivity (Wildman–Crippen MR) is 205 cm³/mol. The molecule has 6 aromatic carbocycles. The molecule has 0 heterocycles. The molecule has 2 unspecified atom stereocenters. The quantitative estimate of drug-likeness (QED) is 0.111. The van der Waals surface area contributed by atoms with Crippen molar-refractivity contribution in [2.45, 2.75) is 31.1 Å². The van der Waals surface area contributed by atoms with Gasteiger partial charge in [0.25, 0.3) is 0 Å². The molecule has 45 heavy (non-hydrogen) atoms. The zero-order valence-corrected chi connectivity index (χ0v) is 28.6. The Hall–Kier alpha value is -3.39. The highest BCUT2D eigenvalue weighted by Crippen LogP contribution is 2.50. The van der Waals surface area contributed by atoms with E-state index >= 15 is 0 Å². The Morgan fingerprint density at radius 3 is 1.00 bits per heavy atom. The van der Waals surface area contributed by atoms with E-state index in [2.05, 4.69) is 189 Å².